The number of ether oxygens (including phenoxy) is 2. The number of halogens is 6. The van der Waals surface area contributed by atoms with Crippen molar-refractivity contribution in [2.45, 2.75) is 71.0 Å². The first-order valence-electron chi connectivity index (χ1n) is 14.2. The number of hydrogen-bond acceptors (Lipinski definition) is 6. The Labute approximate surface area is 257 Å². The van der Waals surface area contributed by atoms with E-state index in [1.807, 2.05) is 18.2 Å². The van der Waals surface area contributed by atoms with E-state index in [1.54, 1.807) is 18.8 Å². The van der Waals surface area contributed by atoms with Crippen molar-refractivity contribution in [2.75, 3.05) is 13.7 Å². The fraction of sp³-hybridized carbons (Fsp3) is 0.484. The predicted molar refractivity (Wildman–Crippen MR) is 153 cm³/mol. The van der Waals surface area contributed by atoms with Crippen LogP contribution in [0.3, 0.4) is 0 Å². The maximum absolute atomic E-state index is 13.4. The van der Waals surface area contributed by atoms with Crippen molar-refractivity contribution < 1.29 is 40.6 Å². The van der Waals surface area contributed by atoms with Gasteiger partial charge in [-0.15, -0.1) is 5.10 Å². The van der Waals surface area contributed by atoms with Gasteiger partial charge < -0.3 is 9.47 Å². The minimum absolute atomic E-state index is 0.0482. The smallest absolute Gasteiger partial charge is 0.416 e. The molecule has 0 bridgehead atoms. The van der Waals surface area contributed by atoms with Crippen molar-refractivity contribution in [1.82, 2.24) is 25.1 Å². The molecule has 244 valence electrons. The largest absolute Gasteiger partial charge is 0.496 e. The lowest BCUT2D eigenvalue weighted by molar-refractivity contribution is -0.143. The summed E-state index contributed by atoms with van der Waals surface area (Å²) >= 11 is 0. The van der Waals surface area contributed by atoms with E-state index < -0.39 is 41.7 Å². The average molecular weight is 640 g/mol. The topological polar surface area (TPSA) is 82.4 Å². The normalized spacial score (nSPS) is 17.5. The van der Waals surface area contributed by atoms with Gasteiger partial charge in [0.2, 0.25) is 0 Å². The van der Waals surface area contributed by atoms with Gasteiger partial charge in [0.25, 0.3) is 0 Å². The summed E-state index contributed by atoms with van der Waals surface area (Å²) in [5.74, 6) is 1.37. The van der Waals surface area contributed by atoms with Gasteiger partial charge in [-0.3, -0.25) is 4.90 Å². The van der Waals surface area contributed by atoms with Crippen molar-refractivity contribution in [3.8, 4) is 17.1 Å². The molecule has 0 radical (unpaired) electrons. The average Bonchev–Trinajstić information content (AvgIpc) is 3.49. The molecular formula is C31H35F6N5O3. The Morgan fingerprint density at radius 3 is 2.24 bits per heavy atom. The summed E-state index contributed by atoms with van der Waals surface area (Å²) < 4.78 is 92.9. The molecule has 1 aliphatic heterocycles. The van der Waals surface area contributed by atoms with Crippen molar-refractivity contribution in [3.63, 3.8) is 0 Å². The number of methoxy groups -OCH3 is 1. The minimum Gasteiger partial charge on any atom is -0.496 e. The van der Waals surface area contributed by atoms with Gasteiger partial charge in [-0.05, 0) is 96.0 Å². The first kappa shape index (κ1) is 33.8. The number of hydrogen-bond donors (Lipinski definition) is 0. The first-order valence-corrected chi connectivity index (χ1v) is 14.2. The van der Waals surface area contributed by atoms with Crippen LogP contribution in [0.5, 0.6) is 5.75 Å². The van der Waals surface area contributed by atoms with Crippen molar-refractivity contribution in [2.24, 2.45) is 12.5 Å². The molecule has 8 nitrogen and oxygen atoms in total. The molecule has 1 aliphatic rings. The molecule has 3 aromatic rings. The fourth-order valence-corrected chi connectivity index (χ4v) is 5.71. The molecular weight excluding hydrogens is 604 g/mol. The Hall–Kier alpha value is -4.10. The maximum Gasteiger partial charge on any atom is 0.416 e. The van der Waals surface area contributed by atoms with Gasteiger partial charge in [0.15, 0.2) is 5.82 Å². The van der Waals surface area contributed by atoms with Gasteiger partial charge in [0.1, 0.15) is 11.9 Å². The molecule has 2 atom stereocenters. The highest BCUT2D eigenvalue weighted by Crippen LogP contribution is 2.41. The van der Waals surface area contributed by atoms with Crippen LogP contribution in [0.1, 0.15) is 68.4 Å². The van der Waals surface area contributed by atoms with Crippen LogP contribution in [-0.4, -0.2) is 50.9 Å². The number of aromatic nitrogens is 4. The number of cyclic esters (lactones) is 1. The molecule has 0 unspecified atom stereocenters. The van der Waals surface area contributed by atoms with E-state index in [0.717, 1.165) is 29.7 Å². The molecule has 0 aliphatic carbocycles. The molecule has 0 saturated carbocycles. The Kier molecular flexibility index (Phi) is 9.55. The third-order valence-corrected chi connectivity index (χ3v) is 7.91. The molecule has 1 amide bonds. The molecule has 1 fully saturated rings. The lowest BCUT2D eigenvalue weighted by atomic mass is 9.80. The van der Waals surface area contributed by atoms with E-state index in [2.05, 4.69) is 36.0 Å². The zero-order chi connectivity index (χ0) is 33.3. The van der Waals surface area contributed by atoms with Crippen molar-refractivity contribution in [1.29, 1.82) is 0 Å². The van der Waals surface area contributed by atoms with Crippen molar-refractivity contribution >= 4 is 6.09 Å². The standard InChI is InChI=1S/C31H35F6N5O3/c1-18(16-29(3,4)11-7-8-20-12-21(9-10-25(20)44-6)27-38-39-40-41(27)5)17-42-19(2)26(45-28(42)43)22-13-23(30(32,33)34)15-24(14-22)31(35,36)37/h9-10,12-15,19,26H,1,7-8,11,16-17H2,2-6H3/t19-,26-/m0/s1. The summed E-state index contributed by atoms with van der Waals surface area (Å²) in [6.07, 6.45) is -9.33. The lowest BCUT2D eigenvalue weighted by Crippen LogP contribution is -2.34. The monoisotopic (exact) mass is 639 g/mol. The minimum atomic E-state index is -5.01. The Bertz CT molecular complexity index is 1520. The van der Waals surface area contributed by atoms with Crippen LogP contribution in [0.25, 0.3) is 11.4 Å². The summed E-state index contributed by atoms with van der Waals surface area (Å²) in [6, 6.07) is 6.17. The zero-order valence-corrected chi connectivity index (χ0v) is 25.6. The summed E-state index contributed by atoms with van der Waals surface area (Å²) in [5, 5.41) is 11.6. The maximum atomic E-state index is 13.4. The lowest BCUT2D eigenvalue weighted by Gasteiger charge is -2.28. The first-order chi connectivity index (χ1) is 20.9. The molecule has 2 heterocycles. The number of rotatable bonds is 11. The van der Waals surface area contributed by atoms with Crippen LogP contribution in [0.2, 0.25) is 0 Å². The summed E-state index contributed by atoms with van der Waals surface area (Å²) in [7, 11) is 3.36. The highest BCUT2D eigenvalue weighted by molar-refractivity contribution is 5.71. The number of aryl methyl sites for hydroxylation is 2. The SMILES string of the molecule is C=C(CN1C(=O)O[C@H](c2cc(C(F)(F)F)cc(C(F)(F)F)c2)[C@@H]1C)CC(C)(C)CCCc1cc(-c2nnnn2C)ccc1OC. The van der Waals surface area contributed by atoms with Crippen LogP contribution >= 0.6 is 0 Å². The number of nitrogens with zero attached hydrogens (tertiary/aromatic N) is 5. The molecule has 45 heavy (non-hydrogen) atoms. The van der Waals surface area contributed by atoms with Gasteiger partial charge in [-0.25, -0.2) is 9.48 Å². The number of benzene rings is 2. The Morgan fingerprint density at radius 2 is 1.69 bits per heavy atom. The molecule has 2 aromatic carbocycles. The number of amides is 1. The molecule has 0 N–H and O–H groups in total. The van der Waals surface area contributed by atoms with Gasteiger partial charge in [0, 0.05) is 19.2 Å². The van der Waals surface area contributed by atoms with Crippen LogP contribution in [0.4, 0.5) is 31.1 Å². The molecule has 14 heteroatoms. The summed E-state index contributed by atoms with van der Waals surface area (Å²) in [6.45, 7) is 9.82. The Balaban J connectivity index is 1.39. The van der Waals surface area contributed by atoms with Gasteiger partial charge in [-0.1, -0.05) is 26.0 Å². The van der Waals surface area contributed by atoms with E-state index >= 15 is 0 Å². The van der Waals surface area contributed by atoms with Gasteiger partial charge in [-0.2, -0.15) is 26.3 Å². The van der Waals surface area contributed by atoms with Crippen LogP contribution < -0.4 is 4.74 Å². The van der Waals surface area contributed by atoms with Crippen LogP contribution in [0.15, 0.2) is 48.6 Å². The third-order valence-electron chi connectivity index (χ3n) is 7.91. The fourth-order valence-electron chi connectivity index (χ4n) is 5.71. The summed E-state index contributed by atoms with van der Waals surface area (Å²) in [4.78, 5) is 14.0. The van der Waals surface area contributed by atoms with Gasteiger partial charge >= 0.3 is 18.4 Å². The summed E-state index contributed by atoms with van der Waals surface area (Å²) in [5.41, 5.74) is -0.999. The van der Waals surface area contributed by atoms with Crippen LogP contribution in [-0.2, 0) is 30.6 Å². The molecule has 0 spiro atoms. The van der Waals surface area contributed by atoms with Crippen molar-refractivity contribution in [3.05, 3.63) is 70.8 Å². The number of carbonyl (C=O) groups is 1. The molecule has 1 saturated heterocycles. The van der Waals surface area contributed by atoms with E-state index in [1.165, 1.54) is 11.8 Å². The van der Waals surface area contributed by atoms with E-state index in [4.69, 9.17) is 9.47 Å². The molecule has 4 rings (SSSR count). The number of tetrazole rings is 1. The second-order valence-electron chi connectivity index (χ2n) is 12.1. The predicted octanol–water partition coefficient (Wildman–Crippen LogP) is 7.80. The molecule has 1 aromatic heterocycles. The zero-order valence-electron chi connectivity index (χ0n) is 25.6. The number of alkyl halides is 6. The highest BCUT2D eigenvalue weighted by atomic mass is 19.4. The van der Waals surface area contributed by atoms with Crippen LogP contribution in [0, 0.1) is 5.41 Å². The third kappa shape index (κ3) is 7.95. The number of carbonyl (C=O) groups excluding carboxylic acids is 1. The van der Waals surface area contributed by atoms with E-state index in [-0.39, 0.29) is 23.6 Å². The highest BCUT2D eigenvalue weighted by Gasteiger charge is 2.43. The Morgan fingerprint density at radius 1 is 1.04 bits per heavy atom. The quantitative estimate of drug-likeness (QED) is 0.157. The van der Waals surface area contributed by atoms with E-state index in [9.17, 15) is 31.1 Å². The van der Waals surface area contributed by atoms with Gasteiger partial charge in [0.05, 0.1) is 24.3 Å². The van der Waals surface area contributed by atoms with E-state index in [0.29, 0.717) is 36.4 Å². The second kappa shape index (κ2) is 12.7. The second-order valence-corrected chi connectivity index (χ2v) is 12.1.